The monoisotopic (exact) mass is 510 g/mol. The Balaban J connectivity index is 1.35. The molecule has 0 unspecified atom stereocenters. The third-order valence-electron chi connectivity index (χ3n) is 6.62. The summed E-state index contributed by atoms with van der Waals surface area (Å²) in [5.41, 5.74) is 5.35. The highest BCUT2D eigenvalue weighted by molar-refractivity contribution is 5.91. The van der Waals surface area contributed by atoms with Crippen molar-refractivity contribution in [3.8, 4) is 11.1 Å². The number of nitrogens with one attached hydrogen (secondary N) is 1. The average molecular weight is 511 g/mol. The van der Waals surface area contributed by atoms with Crippen LogP contribution in [0, 0.1) is 6.92 Å². The molecule has 4 aromatic rings. The number of hydrogen-bond donors (Lipinski definition) is 1. The molecule has 0 radical (unpaired) electrons. The fourth-order valence-electron chi connectivity index (χ4n) is 5.04. The summed E-state index contributed by atoms with van der Waals surface area (Å²) >= 11 is 0. The average Bonchev–Trinajstić information content (AvgIpc) is 3.18. The maximum absolute atomic E-state index is 12.8. The molecule has 5 rings (SSSR count). The van der Waals surface area contributed by atoms with Gasteiger partial charge in [-0.3, -0.25) is 19.5 Å². The highest BCUT2D eigenvalue weighted by atomic mass is 16.6. The Hall–Kier alpha value is -4.39. The van der Waals surface area contributed by atoms with Crippen LogP contribution in [0.4, 0.5) is 10.5 Å². The molecule has 0 bridgehead atoms. The molecule has 0 aliphatic heterocycles. The topological polar surface area (TPSA) is 86.6 Å². The number of hydrogen-bond acceptors (Lipinski definition) is 5. The van der Waals surface area contributed by atoms with E-state index in [0.717, 1.165) is 33.2 Å². The van der Waals surface area contributed by atoms with Gasteiger partial charge in [0, 0.05) is 23.1 Å². The Labute approximate surface area is 221 Å². The Bertz CT molecular complexity index is 1570. The summed E-state index contributed by atoms with van der Waals surface area (Å²) in [6.07, 6.45) is -0.597. The van der Waals surface area contributed by atoms with E-state index < -0.39 is 17.7 Å². The summed E-state index contributed by atoms with van der Waals surface area (Å²) in [4.78, 5) is 38.1. The van der Waals surface area contributed by atoms with Gasteiger partial charge < -0.3 is 9.47 Å². The van der Waals surface area contributed by atoms with Crippen molar-refractivity contribution in [2.45, 2.75) is 45.8 Å². The summed E-state index contributed by atoms with van der Waals surface area (Å²) < 4.78 is 12.4. The zero-order valence-corrected chi connectivity index (χ0v) is 21.9. The van der Waals surface area contributed by atoms with Crippen LogP contribution in [0.5, 0.6) is 0 Å². The molecular formula is C31H30N2O5. The quantitative estimate of drug-likeness (QED) is 0.332. The fraction of sp³-hybridized carbons (Fsp3) is 0.258. The normalized spacial score (nSPS) is 12.6. The van der Waals surface area contributed by atoms with Gasteiger partial charge in [0.25, 0.3) is 5.56 Å². The van der Waals surface area contributed by atoms with Crippen LogP contribution in [-0.2, 0) is 20.8 Å². The summed E-state index contributed by atoms with van der Waals surface area (Å²) in [6, 6.07) is 23.0. The molecule has 0 fully saturated rings. The Morgan fingerprint density at radius 1 is 0.921 bits per heavy atom. The number of ether oxygens (including phenoxy) is 2. The number of carbonyl (C=O) groups excluding carboxylic acids is 2. The lowest BCUT2D eigenvalue weighted by molar-refractivity contribution is -0.155. The third kappa shape index (κ3) is 5.05. The molecule has 194 valence electrons. The number of fused-ring (bicyclic) bond motifs is 4. The molecule has 7 nitrogen and oxygen atoms in total. The Kier molecular flexibility index (Phi) is 6.53. The van der Waals surface area contributed by atoms with Crippen LogP contribution in [0.15, 0.2) is 77.6 Å². The van der Waals surface area contributed by atoms with Crippen molar-refractivity contribution in [2.24, 2.45) is 0 Å². The van der Waals surface area contributed by atoms with Gasteiger partial charge in [0.15, 0.2) is 0 Å². The number of aromatic nitrogens is 1. The summed E-state index contributed by atoms with van der Waals surface area (Å²) in [5.74, 6) is -0.564. The van der Waals surface area contributed by atoms with Gasteiger partial charge in [-0.1, -0.05) is 54.6 Å². The van der Waals surface area contributed by atoms with Gasteiger partial charge >= 0.3 is 12.1 Å². The molecule has 7 heteroatoms. The lowest BCUT2D eigenvalue weighted by Crippen LogP contribution is -2.30. The molecule has 0 saturated carbocycles. The zero-order valence-electron chi connectivity index (χ0n) is 21.9. The molecule has 0 saturated heterocycles. The second-order valence-corrected chi connectivity index (χ2v) is 10.5. The largest absolute Gasteiger partial charge is 0.459 e. The predicted octanol–water partition coefficient (Wildman–Crippen LogP) is 6.01. The SMILES string of the molecule is Cc1cc(=O)n(CC(=O)OC(C)(C)C)c2cc(NC(=O)OCC3c4ccccc4-c4ccccc43)ccc12. The number of nitrogens with zero attached hydrogens (tertiary/aromatic N) is 1. The maximum Gasteiger partial charge on any atom is 0.411 e. The molecule has 3 aromatic carbocycles. The van der Waals surface area contributed by atoms with Crippen LogP contribution < -0.4 is 10.9 Å². The summed E-state index contributed by atoms with van der Waals surface area (Å²) in [7, 11) is 0. The Morgan fingerprint density at radius 2 is 1.55 bits per heavy atom. The van der Waals surface area contributed by atoms with Crippen molar-refractivity contribution in [2.75, 3.05) is 11.9 Å². The molecular weight excluding hydrogens is 480 g/mol. The fourth-order valence-corrected chi connectivity index (χ4v) is 5.04. The standard InChI is InChI=1S/C31H30N2O5/c1-19-15-28(34)33(17-29(35)38-31(2,3)4)27-16-20(13-14-21(19)27)32-30(36)37-18-26-24-11-7-5-9-22(24)23-10-6-8-12-25(23)26/h5-16,26H,17-18H2,1-4H3,(H,32,36). The van der Waals surface area contributed by atoms with E-state index in [1.54, 1.807) is 32.9 Å². The van der Waals surface area contributed by atoms with E-state index in [1.807, 2.05) is 37.3 Å². The van der Waals surface area contributed by atoms with Crippen molar-refractivity contribution >= 4 is 28.7 Å². The Morgan fingerprint density at radius 3 is 2.18 bits per heavy atom. The molecule has 1 heterocycles. The van der Waals surface area contributed by atoms with Gasteiger partial charge in [-0.25, -0.2) is 4.79 Å². The van der Waals surface area contributed by atoms with Gasteiger partial charge in [-0.15, -0.1) is 0 Å². The zero-order chi connectivity index (χ0) is 27.0. The van der Waals surface area contributed by atoms with Crippen molar-refractivity contribution < 1.29 is 19.1 Å². The third-order valence-corrected chi connectivity index (χ3v) is 6.62. The highest BCUT2D eigenvalue weighted by Crippen LogP contribution is 2.44. The molecule has 1 aliphatic carbocycles. The van der Waals surface area contributed by atoms with Crippen molar-refractivity contribution in [1.29, 1.82) is 0 Å². The first-order valence-corrected chi connectivity index (χ1v) is 12.6. The molecule has 0 spiro atoms. The lowest BCUT2D eigenvalue weighted by Gasteiger charge is -2.20. The number of pyridine rings is 1. The second kappa shape index (κ2) is 9.82. The summed E-state index contributed by atoms with van der Waals surface area (Å²) in [5, 5.41) is 3.57. The van der Waals surface area contributed by atoms with Crippen LogP contribution in [0.2, 0.25) is 0 Å². The van der Waals surface area contributed by atoms with Gasteiger partial charge in [-0.05, 0) is 67.6 Å². The number of carbonyl (C=O) groups is 2. The molecule has 1 aliphatic rings. The van der Waals surface area contributed by atoms with Gasteiger partial charge in [0.2, 0.25) is 0 Å². The molecule has 1 N–H and O–H groups in total. The van der Waals surface area contributed by atoms with Crippen molar-refractivity contribution in [3.05, 3.63) is 99.8 Å². The highest BCUT2D eigenvalue weighted by Gasteiger charge is 2.29. The van der Waals surface area contributed by atoms with E-state index in [9.17, 15) is 14.4 Å². The minimum Gasteiger partial charge on any atom is -0.459 e. The minimum atomic E-state index is -0.669. The van der Waals surface area contributed by atoms with Crippen LogP contribution in [0.25, 0.3) is 22.0 Å². The number of anilines is 1. The first-order chi connectivity index (χ1) is 18.1. The van der Waals surface area contributed by atoms with Gasteiger partial charge in [0.1, 0.15) is 18.8 Å². The van der Waals surface area contributed by atoms with Crippen molar-refractivity contribution in [3.63, 3.8) is 0 Å². The first-order valence-electron chi connectivity index (χ1n) is 12.6. The molecule has 1 aromatic heterocycles. The smallest absolute Gasteiger partial charge is 0.411 e. The lowest BCUT2D eigenvalue weighted by atomic mass is 9.98. The number of rotatable bonds is 5. The van der Waals surface area contributed by atoms with Crippen LogP contribution in [0.1, 0.15) is 43.4 Å². The van der Waals surface area contributed by atoms with Crippen LogP contribution in [-0.4, -0.2) is 28.8 Å². The second-order valence-electron chi connectivity index (χ2n) is 10.5. The van der Waals surface area contributed by atoms with E-state index in [-0.39, 0.29) is 24.6 Å². The maximum atomic E-state index is 12.8. The van der Waals surface area contributed by atoms with Crippen LogP contribution >= 0.6 is 0 Å². The minimum absolute atomic E-state index is 0.0496. The van der Waals surface area contributed by atoms with E-state index in [1.165, 1.54) is 10.6 Å². The van der Waals surface area contributed by atoms with E-state index >= 15 is 0 Å². The number of benzene rings is 3. The predicted molar refractivity (Wildman–Crippen MR) is 147 cm³/mol. The van der Waals surface area contributed by atoms with Gasteiger partial charge in [-0.2, -0.15) is 0 Å². The number of esters is 1. The number of amides is 1. The van der Waals surface area contributed by atoms with Crippen LogP contribution in [0.3, 0.4) is 0 Å². The molecule has 1 amide bonds. The van der Waals surface area contributed by atoms with E-state index in [4.69, 9.17) is 9.47 Å². The first kappa shape index (κ1) is 25.3. The number of aryl methyl sites for hydroxylation is 1. The van der Waals surface area contributed by atoms with E-state index in [0.29, 0.717) is 11.2 Å². The summed E-state index contributed by atoms with van der Waals surface area (Å²) in [6.45, 7) is 7.11. The van der Waals surface area contributed by atoms with Gasteiger partial charge in [0.05, 0.1) is 5.52 Å². The van der Waals surface area contributed by atoms with Crippen molar-refractivity contribution in [1.82, 2.24) is 4.57 Å². The molecule has 0 atom stereocenters. The van der Waals surface area contributed by atoms with E-state index in [2.05, 4.69) is 29.6 Å². The molecule has 38 heavy (non-hydrogen) atoms.